The van der Waals surface area contributed by atoms with Crippen molar-refractivity contribution >= 4 is 23.3 Å². The minimum Gasteiger partial charge on any atom is -0.492 e. The highest BCUT2D eigenvalue weighted by Crippen LogP contribution is 2.36. The zero-order valence-electron chi connectivity index (χ0n) is 21.6. The van der Waals surface area contributed by atoms with Gasteiger partial charge in [-0.1, -0.05) is 6.07 Å². The molecule has 0 spiro atoms. The van der Waals surface area contributed by atoms with Crippen molar-refractivity contribution in [3.8, 4) is 22.9 Å². The van der Waals surface area contributed by atoms with E-state index in [1.807, 2.05) is 42.9 Å². The third-order valence-corrected chi connectivity index (χ3v) is 6.46. The van der Waals surface area contributed by atoms with Gasteiger partial charge in [-0.15, -0.1) is 0 Å². The highest BCUT2D eigenvalue weighted by molar-refractivity contribution is 5.83. The largest absolute Gasteiger partial charge is 0.511 e. The van der Waals surface area contributed by atoms with E-state index in [4.69, 9.17) is 23.7 Å². The second kappa shape index (κ2) is 11.5. The predicted molar refractivity (Wildman–Crippen MR) is 143 cm³/mol. The van der Waals surface area contributed by atoms with Crippen LogP contribution in [0.2, 0.25) is 0 Å². The molecule has 0 radical (unpaired) electrons. The van der Waals surface area contributed by atoms with E-state index in [0.717, 1.165) is 55.2 Å². The molecule has 1 fully saturated rings. The number of anilines is 1. The summed E-state index contributed by atoms with van der Waals surface area (Å²) in [6.45, 7) is 7.71. The molecule has 10 nitrogen and oxygen atoms in total. The van der Waals surface area contributed by atoms with Gasteiger partial charge in [-0.05, 0) is 68.7 Å². The van der Waals surface area contributed by atoms with E-state index in [9.17, 15) is 4.79 Å². The molecule has 3 heterocycles. The van der Waals surface area contributed by atoms with Crippen LogP contribution in [0.1, 0.15) is 32.3 Å². The van der Waals surface area contributed by atoms with Crippen molar-refractivity contribution in [2.45, 2.75) is 39.3 Å². The van der Waals surface area contributed by atoms with Crippen LogP contribution in [0.4, 0.5) is 10.8 Å². The normalized spacial score (nSPS) is 14.5. The molecule has 2 aromatic heterocycles. The van der Waals surface area contributed by atoms with E-state index >= 15 is 0 Å². The van der Waals surface area contributed by atoms with Gasteiger partial charge < -0.3 is 33.6 Å². The number of hydrogen-bond acceptors (Lipinski definition) is 8. The third-order valence-electron chi connectivity index (χ3n) is 6.46. The Labute approximate surface area is 220 Å². The molecule has 0 amide bonds. The number of nitrogens with one attached hydrogen (secondary N) is 1. The van der Waals surface area contributed by atoms with Crippen LogP contribution < -0.4 is 19.5 Å². The zero-order chi connectivity index (χ0) is 26.5. The van der Waals surface area contributed by atoms with Gasteiger partial charge in [0.05, 0.1) is 13.2 Å². The first-order chi connectivity index (χ1) is 18.5. The van der Waals surface area contributed by atoms with E-state index in [2.05, 4.69) is 27.3 Å². The van der Waals surface area contributed by atoms with Crippen molar-refractivity contribution in [3.05, 3.63) is 60.4 Å². The molecule has 10 heteroatoms. The van der Waals surface area contributed by atoms with Crippen LogP contribution in [-0.4, -0.2) is 58.1 Å². The fraction of sp³-hybridized carbons (Fsp3) is 0.357. The standard InChI is InChI=1S/C28H32N4O6/c1-3-35-23-16-19(17-24(36-4-2)26(23)32-12-5-6-13-32)18-31-14-10-20(11-15-31)29-27-30-25-21(37-27)8-7-9-22(25)38-28(33)34/h5-9,12-13,16-17,20H,3-4,10-11,14-15,18H2,1-2H3,(H,29,30)(H,33,34). The number of aromatic nitrogens is 2. The number of hydrogen-bond donors (Lipinski definition) is 2. The second-order valence-corrected chi connectivity index (χ2v) is 9.08. The van der Waals surface area contributed by atoms with Crippen LogP contribution in [0.15, 0.2) is 59.3 Å². The topological polar surface area (TPSA) is 111 Å². The summed E-state index contributed by atoms with van der Waals surface area (Å²) in [5, 5.41) is 12.3. The second-order valence-electron chi connectivity index (χ2n) is 9.08. The van der Waals surface area contributed by atoms with Crippen molar-refractivity contribution < 1.29 is 28.5 Å². The quantitative estimate of drug-likeness (QED) is 0.205. The third kappa shape index (κ3) is 5.70. The Bertz CT molecular complexity index is 1350. The molecule has 0 atom stereocenters. The summed E-state index contributed by atoms with van der Waals surface area (Å²) in [6.07, 6.45) is 4.43. The summed E-state index contributed by atoms with van der Waals surface area (Å²) in [4.78, 5) is 17.8. The maximum atomic E-state index is 11.0. The van der Waals surface area contributed by atoms with Crippen LogP contribution in [0, 0.1) is 0 Å². The monoisotopic (exact) mass is 520 g/mol. The molecule has 0 aliphatic carbocycles. The first-order valence-corrected chi connectivity index (χ1v) is 12.9. The molecular formula is C28H32N4O6. The maximum Gasteiger partial charge on any atom is 0.511 e. The van der Waals surface area contributed by atoms with Crippen LogP contribution in [0.3, 0.4) is 0 Å². The van der Waals surface area contributed by atoms with Crippen LogP contribution in [0.5, 0.6) is 17.2 Å². The van der Waals surface area contributed by atoms with Crippen molar-refractivity contribution in [1.82, 2.24) is 14.5 Å². The number of piperidine rings is 1. The summed E-state index contributed by atoms with van der Waals surface area (Å²) in [6, 6.07) is 13.7. The molecule has 0 saturated carbocycles. The number of benzene rings is 2. The summed E-state index contributed by atoms with van der Waals surface area (Å²) in [5.74, 6) is 1.77. The summed E-state index contributed by atoms with van der Waals surface area (Å²) >= 11 is 0. The van der Waals surface area contributed by atoms with Gasteiger partial charge in [0.25, 0.3) is 6.01 Å². The van der Waals surface area contributed by atoms with Crippen LogP contribution in [-0.2, 0) is 6.54 Å². The molecule has 38 heavy (non-hydrogen) atoms. The van der Waals surface area contributed by atoms with Crippen LogP contribution >= 0.6 is 0 Å². The molecule has 2 aromatic carbocycles. The molecule has 0 unspecified atom stereocenters. The number of fused-ring (bicyclic) bond motifs is 1. The average Bonchev–Trinajstić information content (AvgIpc) is 3.56. The number of carbonyl (C=O) groups is 1. The Kier molecular flexibility index (Phi) is 7.69. The van der Waals surface area contributed by atoms with E-state index in [1.54, 1.807) is 18.2 Å². The fourth-order valence-electron chi connectivity index (χ4n) is 4.83. The first kappa shape index (κ1) is 25.5. The Balaban J connectivity index is 1.25. The van der Waals surface area contributed by atoms with Crippen molar-refractivity contribution in [1.29, 1.82) is 0 Å². The van der Waals surface area contributed by atoms with Gasteiger partial charge in [0.1, 0.15) is 17.2 Å². The highest BCUT2D eigenvalue weighted by atomic mass is 16.7. The minimum absolute atomic E-state index is 0.155. The number of nitrogens with zero attached hydrogens (tertiary/aromatic N) is 3. The molecule has 1 aliphatic rings. The molecule has 1 saturated heterocycles. The maximum absolute atomic E-state index is 11.0. The lowest BCUT2D eigenvalue weighted by molar-refractivity contribution is 0.145. The highest BCUT2D eigenvalue weighted by Gasteiger charge is 2.23. The van der Waals surface area contributed by atoms with E-state index in [1.165, 1.54) is 0 Å². The van der Waals surface area contributed by atoms with E-state index in [0.29, 0.717) is 30.3 Å². The smallest absolute Gasteiger partial charge is 0.492 e. The fourth-order valence-corrected chi connectivity index (χ4v) is 4.83. The molecule has 5 rings (SSSR count). The Morgan fingerprint density at radius 1 is 1.05 bits per heavy atom. The lowest BCUT2D eigenvalue weighted by Crippen LogP contribution is -2.38. The van der Waals surface area contributed by atoms with Crippen molar-refractivity contribution in [2.24, 2.45) is 0 Å². The Morgan fingerprint density at radius 3 is 2.37 bits per heavy atom. The van der Waals surface area contributed by atoms with Crippen LogP contribution in [0.25, 0.3) is 16.8 Å². The summed E-state index contributed by atoms with van der Waals surface area (Å²) in [7, 11) is 0. The number of ether oxygens (including phenoxy) is 3. The number of carboxylic acid groups (broad SMARTS) is 1. The minimum atomic E-state index is -1.39. The lowest BCUT2D eigenvalue weighted by atomic mass is 10.0. The molecule has 0 bridgehead atoms. The first-order valence-electron chi connectivity index (χ1n) is 12.9. The number of likely N-dealkylation sites (tertiary alicyclic amines) is 1. The van der Waals surface area contributed by atoms with Gasteiger partial charge in [0.15, 0.2) is 16.8 Å². The number of oxazole rings is 1. The van der Waals surface area contributed by atoms with Gasteiger partial charge in [-0.25, -0.2) is 4.79 Å². The number of rotatable bonds is 10. The van der Waals surface area contributed by atoms with Gasteiger partial charge in [-0.3, -0.25) is 4.90 Å². The molecular weight excluding hydrogens is 488 g/mol. The molecule has 4 aromatic rings. The summed E-state index contributed by atoms with van der Waals surface area (Å²) < 4.78 is 24.7. The number of para-hydroxylation sites is 1. The Hall–Kier alpha value is -4.18. The molecule has 1 aliphatic heterocycles. The van der Waals surface area contributed by atoms with Gasteiger partial charge in [-0.2, -0.15) is 4.98 Å². The van der Waals surface area contributed by atoms with Crippen molar-refractivity contribution in [2.75, 3.05) is 31.6 Å². The van der Waals surface area contributed by atoms with Gasteiger partial charge in [0, 0.05) is 38.1 Å². The summed E-state index contributed by atoms with van der Waals surface area (Å²) in [5.41, 5.74) is 2.92. The SMILES string of the molecule is CCOc1cc(CN2CCC(Nc3nc4c(OC(=O)O)cccc4o3)CC2)cc(OCC)c1-n1cccc1. The lowest BCUT2D eigenvalue weighted by Gasteiger charge is -2.32. The predicted octanol–water partition coefficient (Wildman–Crippen LogP) is 5.55. The molecule has 2 N–H and O–H groups in total. The van der Waals surface area contributed by atoms with E-state index < -0.39 is 6.16 Å². The Morgan fingerprint density at radius 2 is 1.74 bits per heavy atom. The van der Waals surface area contributed by atoms with Crippen molar-refractivity contribution in [3.63, 3.8) is 0 Å². The van der Waals surface area contributed by atoms with Gasteiger partial charge in [0.2, 0.25) is 0 Å². The van der Waals surface area contributed by atoms with Gasteiger partial charge >= 0.3 is 6.16 Å². The molecule has 200 valence electrons. The van der Waals surface area contributed by atoms with E-state index in [-0.39, 0.29) is 11.8 Å². The average molecular weight is 521 g/mol. The zero-order valence-corrected chi connectivity index (χ0v) is 21.6.